The summed E-state index contributed by atoms with van der Waals surface area (Å²) in [6, 6.07) is 10.5. The van der Waals surface area contributed by atoms with Gasteiger partial charge in [0, 0.05) is 36.9 Å². The fourth-order valence-corrected chi connectivity index (χ4v) is 8.73. The van der Waals surface area contributed by atoms with E-state index in [4.69, 9.17) is 4.74 Å². The van der Waals surface area contributed by atoms with Crippen LogP contribution in [0.2, 0.25) is 0 Å². The van der Waals surface area contributed by atoms with Crippen LogP contribution in [0.3, 0.4) is 0 Å². The zero-order valence-electron chi connectivity index (χ0n) is 25.6. The number of rotatable bonds is 9. The molecule has 0 radical (unpaired) electrons. The SMILES string of the molecule is CP(C)(=O)c1ccc(NCC#Cc2sc3c(NC4CCC(N5CC6CC(C5)O6)CC4)cccc3c2CC(F)(F)F)c(OC(F)F)c1. The van der Waals surface area contributed by atoms with Gasteiger partial charge >= 0.3 is 12.8 Å². The molecule has 1 aliphatic carbocycles. The summed E-state index contributed by atoms with van der Waals surface area (Å²) < 4.78 is 90.8. The molecule has 0 spiro atoms. The molecule has 7 rings (SSSR count). The number of nitrogens with one attached hydrogen (secondary N) is 2. The van der Waals surface area contributed by atoms with E-state index in [0.29, 0.717) is 33.8 Å². The maximum absolute atomic E-state index is 13.7. The lowest BCUT2D eigenvalue weighted by molar-refractivity contribution is -0.189. The van der Waals surface area contributed by atoms with E-state index in [2.05, 4.69) is 32.1 Å². The number of alkyl halides is 5. The summed E-state index contributed by atoms with van der Waals surface area (Å²) in [5, 5.41) is 7.44. The fraction of sp³-hybridized carbons (Fsp3) is 0.515. The molecule has 2 bridgehead atoms. The molecular weight excluding hydrogens is 644 g/mol. The molecule has 6 nitrogen and oxygen atoms in total. The van der Waals surface area contributed by atoms with Gasteiger partial charge in [0.15, 0.2) is 0 Å². The van der Waals surface area contributed by atoms with Crippen molar-refractivity contribution in [3.05, 3.63) is 46.8 Å². The van der Waals surface area contributed by atoms with Gasteiger partial charge in [-0.1, -0.05) is 24.0 Å². The van der Waals surface area contributed by atoms with E-state index in [-0.39, 0.29) is 29.6 Å². The number of ether oxygens (including phenoxy) is 2. The molecule has 3 aromatic rings. The van der Waals surface area contributed by atoms with Crippen molar-refractivity contribution < 1.29 is 36.0 Å². The van der Waals surface area contributed by atoms with Crippen molar-refractivity contribution >= 4 is 45.2 Å². The third-order valence-electron chi connectivity index (χ3n) is 8.93. The summed E-state index contributed by atoms with van der Waals surface area (Å²) >= 11 is 1.23. The van der Waals surface area contributed by atoms with Crippen molar-refractivity contribution in [1.82, 2.24) is 4.90 Å². The molecule has 2 atom stereocenters. The van der Waals surface area contributed by atoms with Gasteiger partial charge in [0.2, 0.25) is 0 Å². The van der Waals surface area contributed by atoms with Crippen LogP contribution >= 0.6 is 18.5 Å². The van der Waals surface area contributed by atoms with Crippen LogP contribution in [-0.4, -0.2) is 74.9 Å². The van der Waals surface area contributed by atoms with Crippen molar-refractivity contribution in [3.63, 3.8) is 0 Å². The lowest BCUT2D eigenvalue weighted by Crippen LogP contribution is -2.60. The summed E-state index contributed by atoms with van der Waals surface area (Å²) in [4.78, 5) is 2.88. The predicted molar refractivity (Wildman–Crippen MR) is 174 cm³/mol. The van der Waals surface area contributed by atoms with Crippen LogP contribution in [0.4, 0.5) is 33.3 Å². The molecule has 1 aromatic heterocycles. The van der Waals surface area contributed by atoms with Crippen LogP contribution in [0.5, 0.6) is 5.75 Å². The number of benzene rings is 2. The van der Waals surface area contributed by atoms with Gasteiger partial charge in [-0.05, 0) is 74.2 Å². The van der Waals surface area contributed by atoms with Crippen LogP contribution in [0.1, 0.15) is 42.5 Å². The number of nitrogens with zero attached hydrogens (tertiary/aromatic N) is 1. The Kier molecular flexibility index (Phi) is 9.60. The van der Waals surface area contributed by atoms with Crippen LogP contribution in [0, 0.1) is 11.8 Å². The van der Waals surface area contributed by atoms with Crippen molar-refractivity contribution in [2.45, 2.75) is 75.6 Å². The first-order chi connectivity index (χ1) is 21.8. The summed E-state index contributed by atoms with van der Waals surface area (Å²) in [5.74, 6) is 5.58. The van der Waals surface area contributed by atoms with Crippen LogP contribution in [0.25, 0.3) is 10.1 Å². The smallest absolute Gasteiger partial charge is 0.393 e. The van der Waals surface area contributed by atoms with Gasteiger partial charge in [0.25, 0.3) is 0 Å². The van der Waals surface area contributed by atoms with Gasteiger partial charge in [-0.3, -0.25) is 4.90 Å². The van der Waals surface area contributed by atoms with Gasteiger partial charge in [0.05, 0.1) is 46.1 Å². The molecule has 2 N–H and O–H groups in total. The maximum Gasteiger partial charge on any atom is 0.393 e. The standard InChI is InChI=1S/C33H37F5N3O3PS/c1-45(2,42)24-12-13-27(29(16-24)44-32(34)35)39-14-4-7-30-26(17-33(36,37)38)25-5-3-6-28(31(25)46-30)40-20-8-10-21(11-9-20)41-18-22-15-23(19-41)43-22/h3,5-6,12-13,16,20-23,32,39-40H,8-11,14-15,17-19H2,1-2H3. The molecule has 4 fully saturated rings. The van der Waals surface area contributed by atoms with Gasteiger partial charge in [0.1, 0.15) is 12.9 Å². The molecule has 3 saturated heterocycles. The molecule has 2 aromatic carbocycles. The number of fused-ring (bicyclic) bond motifs is 3. The highest BCUT2D eigenvalue weighted by Crippen LogP contribution is 2.41. The highest BCUT2D eigenvalue weighted by molar-refractivity contribution is 7.70. The van der Waals surface area contributed by atoms with Crippen molar-refractivity contribution in [3.8, 4) is 17.6 Å². The Bertz CT molecular complexity index is 1660. The molecule has 13 heteroatoms. The first-order valence-corrected chi connectivity index (χ1v) is 18.9. The lowest BCUT2D eigenvalue weighted by atomic mass is 9.87. The topological polar surface area (TPSA) is 62.8 Å². The highest BCUT2D eigenvalue weighted by atomic mass is 32.1. The number of piperidine rings is 1. The zero-order chi connectivity index (χ0) is 32.6. The summed E-state index contributed by atoms with van der Waals surface area (Å²) in [6.07, 6.45) is 0.518. The Labute approximate surface area is 269 Å². The van der Waals surface area contributed by atoms with E-state index < -0.39 is 26.4 Å². The van der Waals surface area contributed by atoms with E-state index in [9.17, 15) is 26.5 Å². The number of anilines is 2. The van der Waals surface area contributed by atoms with E-state index in [1.54, 1.807) is 18.2 Å². The highest BCUT2D eigenvalue weighted by Gasteiger charge is 2.41. The third-order valence-corrected chi connectivity index (χ3v) is 11.6. The second-order valence-corrected chi connectivity index (χ2v) is 16.9. The van der Waals surface area contributed by atoms with Crippen molar-refractivity contribution in [2.75, 3.05) is 43.6 Å². The Hall–Kier alpha value is -2.84. The lowest BCUT2D eigenvalue weighted by Gasteiger charge is -2.50. The Morgan fingerprint density at radius 1 is 1.09 bits per heavy atom. The van der Waals surface area contributed by atoms with E-state index in [1.807, 2.05) is 6.07 Å². The van der Waals surface area contributed by atoms with Gasteiger partial charge in [-0.2, -0.15) is 22.0 Å². The van der Waals surface area contributed by atoms with Gasteiger partial charge in [-0.15, -0.1) is 11.3 Å². The molecule has 1 saturated carbocycles. The van der Waals surface area contributed by atoms with E-state index in [1.165, 1.54) is 43.2 Å². The molecule has 2 unspecified atom stereocenters. The molecule has 248 valence electrons. The molecule has 4 heterocycles. The summed E-state index contributed by atoms with van der Waals surface area (Å²) in [7, 11) is -2.73. The summed E-state index contributed by atoms with van der Waals surface area (Å²) in [6.45, 7) is 1.94. The number of morpholine rings is 1. The Morgan fingerprint density at radius 2 is 1.80 bits per heavy atom. The third kappa shape index (κ3) is 7.82. The first kappa shape index (κ1) is 33.1. The van der Waals surface area contributed by atoms with Gasteiger partial charge < -0.3 is 24.7 Å². The monoisotopic (exact) mass is 681 g/mol. The minimum absolute atomic E-state index is 0.0342. The predicted octanol–water partition coefficient (Wildman–Crippen LogP) is 7.52. The average molecular weight is 682 g/mol. The maximum atomic E-state index is 13.7. The number of hydrogen-bond donors (Lipinski definition) is 2. The van der Waals surface area contributed by atoms with Gasteiger partial charge in [-0.25, -0.2) is 0 Å². The van der Waals surface area contributed by atoms with Crippen LogP contribution < -0.4 is 20.7 Å². The van der Waals surface area contributed by atoms with Crippen molar-refractivity contribution in [1.29, 1.82) is 0 Å². The molecule has 3 aliphatic heterocycles. The molecule has 46 heavy (non-hydrogen) atoms. The van der Waals surface area contributed by atoms with E-state index >= 15 is 0 Å². The van der Waals surface area contributed by atoms with Crippen LogP contribution in [-0.2, 0) is 15.7 Å². The van der Waals surface area contributed by atoms with E-state index in [0.717, 1.165) is 49.2 Å². The second kappa shape index (κ2) is 13.3. The minimum atomic E-state index is -4.42. The number of hydrogen-bond acceptors (Lipinski definition) is 7. The van der Waals surface area contributed by atoms with Crippen molar-refractivity contribution in [2.24, 2.45) is 0 Å². The Balaban J connectivity index is 1.17. The normalized spacial score (nSPS) is 23.5. The zero-order valence-corrected chi connectivity index (χ0v) is 27.3. The molecule has 0 amide bonds. The fourth-order valence-electron chi connectivity index (χ4n) is 6.70. The number of halogens is 5. The summed E-state index contributed by atoms with van der Waals surface area (Å²) in [5.41, 5.74) is 1.16. The average Bonchev–Trinajstić information content (AvgIpc) is 3.31. The number of thiophene rings is 1. The largest absolute Gasteiger partial charge is 0.433 e. The Morgan fingerprint density at radius 3 is 2.46 bits per heavy atom. The van der Waals surface area contributed by atoms with Crippen LogP contribution in [0.15, 0.2) is 36.4 Å². The molecular formula is C33H37F5N3O3PS. The molecule has 4 aliphatic rings. The quantitative estimate of drug-likeness (QED) is 0.139. The first-order valence-electron chi connectivity index (χ1n) is 15.5. The second-order valence-electron chi connectivity index (χ2n) is 12.7. The minimum Gasteiger partial charge on any atom is -0.433 e.